The van der Waals surface area contributed by atoms with Crippen LogP contribution in [0.4, 0.5) is 5.69 Å². The minimum absolute atomic E-state index is 0.257. The smallest absolute Gasteiger partial charge is 0.182 e. The van der Waals surface area contributed by atoms with Crippen LogP contribution in [0.25, 0.3) is 0 Å². The maximum atomic E-state index is 12.3. The normalized spacial score (nSPS) is 11.9. The Morgan fingerprint density at radius 1 is 1.30 bits per heavy atom. The first kappa shape index (κ1) is 21.1. The number of hydrogen-bond donors (Lipinski definition) is 1. The Labute approximate surface area is 141 Å². The number of sulfone groups is 1. The minimum atomic E-state index is -3.37. The SMILES string of the molecule is C=C/C(C)=C(\N=C)Nc1ccccc1S(=O)(=O)C(C)C.CCC. The molecule has 0 atom stereocenters. The maximum absolute atomic E-state index is 12.3. The Balaban J connectivity index is 0.00000149. The second-order valence-corrected chi connectivity index (χ2v) is 7.79. The Morgan fingerprint density at radius 2 is 1.83 bits per heavy atom. The molecule has 0 spiro atoms. The van der Waals surface area contributed by atoms with E-state index in [-0.39, 0.29) is 4.90 Å². The van der Waals surface area contributed by atoms with Crippen molar-refractivity contribution in [1.82, 2.24) is 0 Å². The van der Waals surface area contributed by atoms with Crippen LogP contribution >= 0.6 is 0 Å². The molecule has 1 rings (SSSR count). The molecular formula is C18H28N2O2S. The third-order valence-electron chi connectivity index (χ3n) is 2.91. The molecule has 1 aromatic carbocycles. The predicted octanol–water partition coefficient (Wildman–Crippen LogP) is 4.82. The van der Waals surface area contributed by atoms with Crippen LogP contribution in [0, 0.1) is 0 Å². The van der Waals surface area contributed by atoms with Crippen molar-refractivity contribution < 1.29 is 8.42 Å². The van der Waals surface area contributed by atoms with Crippen molar-refractivity contribution in [3.63, 3.8) is 0 Å². The fraction of sp³-hybridized carbons (Fsp3) is 0.389. The lowest BCUT2D eigenvalue weighted by molar-refractivity contribution is 0.587. The number of allylic oxidation sites excluding steroid dienone is 2. The van der Waals surface area contributed by atoms with Crippen molar-refractivity contribution in [2.24, 2.45) is 4.99 Å². The third kappa shape index (κ3) is 6.02. The summed E-state index contributed by atoms with van der Waals surface area (Å²) in [6.45, 7) is 16.5. The largest absolute Gasteiger partial charge is 0.339 e. The fourth-order valence-electron chi connectivity index (χ4n) is 1.56. The molecule has 4 nitrogen and oxygen atoms in total. The highest BCUT2D eigenvalue weighted by molar-refractivity contribution is 7.92. The van der Waals surface area contributed by atoms with E-state index >= 15 is 0 Å². The first-order chi connectivity index (χ1) is 10.8. The molecular weight excluding hydrogens is 308 g/mol. The van der Waals surface area contributed by atoms with E-state index in [2.05, 4.69) is 37.5 Å². The Kier molecular flexibility index (Phi) is 9.18. The maximum Gasteiger partial charge on any atom is 0.182 e. The zero-order valence-corrected chi connectivity index (χ0v) is 15.6. The summed E-state index contributed by atoms with van der Waals surface area (Å²) in [5.74, 6) is 0.492. The molecule has 0 aliphatic heterocycles. The molecule has 0 aromatic heterocycles. The van der Waals surface area contributed by atoms with Gasteiger partial charge in [-0.2, -0.15) is 0 Å². The number of hydrogen-bond acceptors (Lipinski definition) is 4. The van der Waals surface area contributed by atoms with Gasteiger partial charge in [0.05, 0.1) is 15.8 Å². The highest BCUT2D eigenvalue weighted by Gasteiger charge is 2.22. The summed E-state index contributed by atoms with van der Waals surface area (Å²) in [5.41, 5.74) is 1.28. The van der Waals surface area contributed by atoms with Crippen molar-refractivity contribution in [2.75, 3.05) is 5.32 Å². The molecule has 0 unspecified atom stereocenters. The van der Waals surface area contributed by atoms with E-state index in [1.54, 1.807) is 44.2 Å². The molecule has 0 aliphatic carbocycles. The van der Waals surface area contributed by atoms with Gasteiger partial charge in [0.2, 0.25) is 0 Å². The van der Waals surface area contributed by atoms with Crippen molar-refractivity contribution in [3.05, 3.63) is 48.3 Å². The lowest BCUT2D eigenvalue weighted by Crippen LogP contribution is -2.16. The van der Waals surface area contributed by atoms with Crippen LogP contribution in [0.3, 0.4) is 0 Å². The number of anilines is 1. The van der Waals surface area contributed by atoms with Gasteiger partial charge in [0, 0.05) is 0 Å². The van der Waals surface area contributed by atoms with Crippen molar-refractivity contribution in [3.8, 4) is 0 Å². The Hall–Kier alpha value is -1.88. The van der Waals surface area contributed by atoms with Gasteiger partial charge >= 0.3 is 0 Å². The van der Waals surface area contributed by atoms with Crippen LogP contribution in [0.5, 0.6) is 0 Å². The van der Waals surface area contributed by atoms with Crippen LogP contribution in [0.2, 0.25) is 0 Å². The average molecular weight is 337 g/mol. The van der Waals surface area contributed by atoms with Crippen LogP contribution in [0.1, 0.15) is 41.0 Å². The highest BCUT2D eigenvalue weighted by Crippen LogP contribution is 2.26. The molecule has 0 amide bonds. The molecule has 1 aromatic rings. The minimum Gasteiger partial charge on any atom is -0.339 e. The van der Waals surface area contributed by atoms with Gasteiger partial charge in [0.15, 0.2) is 9.84 Å². The molecule has 128 valence electrons. The van der Waals surface area contributed by atoms with Crippen molar-refractivity contribution in [2.45, 2.75) is 51.2 Å². The molecule has 0 aliphatic rings. The van der Waals surface area contributed by atoms with E-state index in [1.165, 1.54) is 6.42 Å². The first-order valence-corrected chi connectivity index (χ1v) is 9.20. The first-order valence-electron chi connectivity index (χ1n) is 7.66. The van der Waals surface area contributed by atoms with Gasteiger partial charge < -0.3 is 5.32 Å². The van der Waals surface area contributed by atoms with Crippen LogP contribution < -0.4 is 5.32 Å². The van der Waals surface area contributed by atoms with Crippen LogP contribution in [-0.4, -0.2) is 20.4 Å². The average Bonchev–Trinajstić information content (AvgIpc) is 2.52. The molecule has 0 heterocycles. The summed E-state index contributed by atoms with van der Waals surface area (Å²) >= 11 is 0. The monoisotopic (exact) mass is 336 g/mol. The zero-order valence-electron chi connectivity index (χ0n) is 14.8. The van der Waals surface area contributed by atoms with E-state index in [9.17, 15) is 8.42 Å². The van der Waals surface area contributed by atoms with Gasteiger partial charge in [-0.1, -0.05) is 45.1 Å². The predicted molar refractivity (Wildman–Crippen MR) is 101 cm³/mol. The molecule has 1 N–H and O–H groups in total. The van der Waals surface area contributed by atoms with Gasteiger partial charge in [-0.15, -0.1) is 0 Å². The van der Waals surface area contributed by atoms with Gasteiger partial charge in [0.25, 0.3) is 0 Å². The number of para-hydroxylation sites is 1. The standard InChI is InChI=1S/C15H20N2O2S.C3H8/c1-6-12(4)15(16-5)17-13-9-7-8-10-14(13)20(18,19)11(2)3;1-3-2/h6-11,17H,1,5H2,2-4H3;3H2,1-2H3/b15-12+;. The number of nitrogens with zero attached hydrogens (tertiary/aromatic N) is 1. The highest BCUT2D eigenvalue weighted by atomic mass is 32.2. The molecule has 0 radical (unpaired) electrons. The zero-order chi connectivity index (χ0) is 18.0. The quantitative estimate of drug-likeness (QED) is 0.599. The van der Waals surface area contributed by atoms with Gasteiger partial charge in [-0.3, -0.25) is 0 Å². The summed E-state index contributed by atoms with van der Waals surface area (Å²) in [4.78, 5) is 4.13. The summed E-state index contributed by atoms with van der Waals surface area (Å²) in [5, 5.41) is 2.52. The van der Waals surface area contributed by atoms with E-state index in [0.29, 0.717) is 11.5 Å². The third-order valence-corrected chi connectivity index (χ3v) is 5.12. The number of nitrogens with one attached hydrogen (secondary N) is 1. The van der Waals surface area contributed by atoms with Crippen molar-refractivity contribution >= 4 is 22.2 Å². The van der Waals surface area contributed by atoms with E-state index in [4.69, 9.17) is 0 Å². The molecule has 0 saturated carbocycles. The lowest BCUT2D eigenvalue weighted by Gasteiger charge is -2.15. The topological polar surface area (TPSA) is 58.5 Å². The fourth-order valence-corrected chi connectivity index (χ4v) is 2.76. The summed E-state index contributed by atoms with van der Waals surface area (Å²) in [7, 11) is -3.37. The lowest BCUT2D eigenvalue weighted by atomic mass is 10.2. The summed E-state index contributed by atoms with van der Waals surface area (Å²) < 4.78 is 24.7. The number of aliphatic imine (C=N–C) groups is 1. The molecule has 0 fully saturated rings. The van der Waals surface area contributed by atoms with Gasteiger partial charge in [0.1, 0.15) is 5.82 Å². The second-order valence-electron chi connectivity index (χ2n) is 5.32. The number of rotatable bonds is 6. The molecule has 23 heavy (non-hydrogen) atoms. The van der Waals surface area contributed by atoms with Gasteiger partial charge in [-0.25, -0.2) is 13.4 Å². The Morgan fingerprint density at radius 3 is 2.26 bits per heavy atom. The van der Waals surface area contributed by atoms with E-state index in [1.807, 2.05) is 6.92 Å². The number of benzene rings is 1. The molecule has 0 bridgehead atoms. The van der Waals surface area contributed by atoms with Crippen LogP contribution in [-0.2, 0) is 9.84 Å². The molecule has 0 saturated heterocycles. The van der Waals surface area contributed by atoms with E-state index < -0.39 is 15.1 Å². The molecule has 5 heteroatoms. The van der Waals surface area contributed by atoms with Gasteiger partial charge in [-0.05, 0) is 45.2 Å². The van der Waals surface area contributed by atoms with Crippen LogP contribution in [0.15, 0.2) is 58.2 Å². The summed E-state index contributed by atoms with van der Waals surface area (Å²) in [6, 6.07) is 6.76. The summed E-state index contributed by atoms with van der Waals surface area (Å²) in [6.07, 6.45) is 2.89. The van der Waals surface area contributed by atoms with Crippen molar-refractivity contribution in [1.29, 1.82) is 0 Å². The second kappa shape index (κ2) is 10.0. The Bertz CT molecular complexity index is 659. The van der Waals surface area contributed by atoms with E-state index in [0.717, 1.165) is 5.57 Å².